The van der Waals surface area contributed by atoms with Gasteiger partial charge in [0.25, 0.3) is 0 Å². The molecule has 1 heterocycles. The van der Waals surface area contributed by atoms with E-state index < -0.39 is 10.8 Å². The van der Waals surface area contributed by atoms with Crippen molar-refractivity contribution in [2.45, 2.75) is 60.4 Å². The summed E-state index contributed by atoms with van der Waals surface area (Å²) < 4.78 is 0. The third kappa shape index (κ3) is 3.31. The Labute approximate surface area is 147 Å². The maximum Gasteiger partial charge on any atom is 0.226 e. The molecule has 1 aliphatic rings. The molecule has 0 unspecified atom stereocenters. The molecular formula is C17H28N4O2S. The van der Waals surface area contributed by atoms with Crippen LogP contribution in [0, 0.1) is 16.7 Å². The van der Waals surface area contributed by atoms with E-state index in [9.17, 15) is 9.59 Å². The Hall–Kier alpha value is -1.50. The first-order chi connectivity index (χ1) is 11.3. The van der Waals surface area contributed by atoms with Crippen LogP contribution in [0.15, 0.2) is 0 Å². The molecule has 1 saturated carbocycles. The van der Waals surface area contributed by atoms with Crippen LogP contribution in [0.25, 0.3) is 0 Å². The molecule has 2 rings (SSSR count). The Balaban J connectivity index is 2.06. The van der Waals surface area contributed by atoms with E-state index >= 15 is 0 Å². The lowest BCUT2D eigenvalue weighted by atomic mass is 9.65. The summed E-state index contributed by atoms with van der Waals surface area (Å²) in [6, 6.07) is 0. The number of nitrogens with zero attached hydrogens (tertiary/aromatic N) is 2. The van der Waals surface area contributed by atoms with Crippen LogP contribution in [0.5, 0.6) is 0 Å². The van der Waals surface area contributed by atoms with Gasteiger partial charge in [0.1, 0.15) is 10.0 Å². The van der Waals surface area contributed by atoms with Crippen LogP contribution in [0.3, 0.4) is 0 Å². The Morgan fingerprint density at radius 1 is 1.17 bits per heavy atom. The predicted molar refractivity (Wildman–Crippen MR) is 94.4 cm³/mol. The lowest BCUT2D eigenvalue weighted by Gasteiger charge is -2.39. The van der Waals surface area contributed by atoms with Crippen molar-refractivity contribution in [3.63, 3.8) is 0 Å². The van der Waals surface area contributed by atoms with Crippen LogP contribution >= 0.6 is 11.3 Å². The lowest BCUT2D eigenvalue weighted by molar-refractivity contribution is -0.139. The molecule has 0 aliphatic heterocycles. The van der Waals surface area contributed by atoms with Crippen molar-refractivity contribution < 1.29 is 9.59 Å². The summed E-state index contributed by atoms with van der Waals surface area (Å²) in [5.74, 6) is -0.0929. The van der Waals surface area contributed by atoms with Crippen LogP contribution in [0.4, 0.5) is 0 Å². The Kier molecular flexibility index (Phi) is 5.63. The predicted octanol–water partition coefficient (Wildman–Crippen LogP) is 2.30. The second-order valence-corrected chi connectivity index (χ2v) is 8.31. The van der Waals surface area contributed by atoms with Crippen molar-refractivity contribution >= 4 is 23.2 Å². The van der Waals surface area contributed by atoms with E-state index in [1.54, 1.807) is 0 Å². The van der Waals surface area contributed by atoms with Crippen molar-refractivity contribution in [1.29, 1.82) is 0 Å². The van der Waals surface area contributed by atoms with Gasteiger partial charge >= 0.3 is 0 Å². The van der Waals surface area contributed by atoms with Crippen LogP contribution in [-0.2, 0) is 22.6 Å². The average molecular weight is 353 g/mol. The molecule has 1 aliphatic carbocycles. The number of aryl methyl sites for hydroxylation is 1. The summed E-state index contributed by atoms with van der Waals surface area (Å²) in [5, 5.41) is 15.9. The van der Waals surface area contributed by atoms with E-state index in [1.165, 1.54) is 11.3 Å². The molecule has 1 fully saturated rings. The van der Waals surface area contributed by atoms with Gasteiger partial charge in [0, 0.05) is 12.5 Å². The van der Waals surface area contributed by atoms with Gasteiger partial charge in [-0.2, -0.15) is 0 Å². The Bertz CT molecular complexity index is 613. The van der Waals surface area contributed by atoms with Gasteiger partial charge in [-0.25, -0.2) is 0 Å². The summed E-state index contributed by atoms with van der Waals surface area (Å²) in [4.78, 5) is 25.2. The standard InChI is InChI=1S/C17H28N4O2S/c1-6-12-20-21-13(24-12)10-19-15(23)17(5)9-8-11(16(17,3)4)14(22)18-7-2/h11H,6-10H2,1-5H3,(H,18,22)(H,19,23)/t11-,17+/m0/s1. The summed E-state index contributed by atoms with van der Waals surface area (Å²) >= 11 is 1.53. The smallest absolute Gasteiger partial charge is 0.226 e. The molecule has 6 nitrogen and oxygen atoms in total. The minimum Gasteiger partial charge on any atom is -0.356 e. The number of carbonyl (C=O) groups is 2. The van der Waals surface area contributed by atoms with Crippen molar-refractivity contribution in [3.8, 4) is 0 Å². The SMILES string of the molecule is CCNC(=O)[C@@H]1CC[C@](C)(C(=O)NCc2nnc(CC)s2)C1(C)C. The third-order valence-electron chi connectivity index (χ3n) is 5.61. The minimum atomic E-state index is -0.568. The zero-order valence-electron chi connectivity index (χ0n) is 15.2. The first kappa shape index (κ1) is 18.8. The van der Waals surface area contributed by atoms with E-state index in [0.717, 1.165) is 22.9 Å². The molecule has 2 N–H and O–H groups in total. The molecule has 24 heavy (non-hydrogen) atoms. The fraction of sp³-hybridized carbons (Fsp3) is 0.765. The van der Waals surface area contributed by atoms with Crippen LogP contribution in [0.1, 0.15) is 57.5 Å². The molecule has 0 saturated heterocycles. The molecule has 0 spiro atoms. The second kappa shape index (κ2) is 7.17. The maximum atomic E-state index is 12.9. The highest BCUT2D eigenvalue weighted by Crippen LogP contribution is 2.56. The molecule has 2 amide bonds. The number of aromatic nitrogens is 2. The van der Waals surface area contributed by atoms with Gasteiger partial charge in [0.2, 0.25) is 11.8 Å². The van der Waals surface area contributed by atoms with Gasteiger partial charge in [0.15, 0.2) is 0 Å². The van der Waals surface area contributed by atoms with E-state index in [1.807, 2.05) is 34.6 Å². The van der Waals surface area contributed by atoms with Crippen LogP contribution < -0.4 is 10.6 Å². The maximum absolute atomic E-state index is 12.9. The fourth-order valence-corrected chi connectivity index (χ4v) is 4.24. The zero-order valence-corrected chi connectivity index (χ0v) is 16.0. The Morgan fingerprint density at radius 3 is 2.42 bits per heavy atom. The minimum absolute atomic E-state index is 0.00690. The molecule has 0 radical (unpaired) electrons. The topological polar surface area (TPSA) is 84.0 Å². The van der Waals surface area contributed by atoms with Crippen LogP contribution in [-0.4, -0.2) is 28.6 Å². The number of hydrogen-bond donors (Lipinski definition) is 2. The van der Waals surface area contributed by atoms with Gasteiger partial charge in [0.05, 0.1) is 12.0 Å². The van der Waals surface area contributed by atoms with Gasteiger partial charge in [-0.1, -0.05) is 39.0 Å². The summed E-state index contributed by atoms with van der Waals surface area (Å²) in [7, 11) is 0. The van der Waals surface area contributed by atoms with E-state index in [-0.39, 0.29) is 17.7 Å². The largest absolute Gasteiger partial charge is 0.356 e. The zero-order chi connectivity index (χ0) is 18.0. The molecule has 1 aromatic heterocycles. The molecule has 134 valence electrons. The Morgan fingerprint density at radius 2 is 1.83 bits per heavy atom. The van der Waals surface area contributed by atoms with Gasteiger partial charge in [-0.3, -0.25) is 9.59 Å². The van der Waals surface area contributed by atoms with E-state index in [2.05, 4.69) is 20.8 Å². The molecular weight excluding hydrogens is 324 g/mol. The molecule has 7 heteroatoms. The number of amides is 2. The van der Waals surface area contributed by atoms with Gasteiger partial charge in [-0.15, -0.1) is 10.2 Å². The third-order valence-corrected chi connectivity index (χ3v) is 6.67. The monoisotopic (exact) mass is 352 g/mol. The highest BCUT2D eigenvalue weighted by atomic mass is 32.1. The fourth-order valence-electron chi connectivity index (χ4n) is 3.52. The molecule has 2 atom stereocenters. The summed E-state index contributed by atoms with van der Waals surface area (Å²) in [6.07, 6.45) is 2.30. The lowest BCUT2D eigenvalue weighted by Crippen LogP contribution is -2.49. The molecule has 1 aromatic rings. The quantitative estimate of drug-likeness (QED) is 0.823. The first-order valence-electron chi connectivity index (χ1n) is 8.63. The summed E-state index contributed by atoms with van der Waals surface area (Å²) in [6.45, 7) is 11.0. The van der Waals surface area contributed by atoms with Crippen molar-refractivity contribution in [1.82, 2.24) is 20.8 Å². The normalized spacial score (nSPS) is 25.5. The van der Waals surface area contributed by atoms with E-state index in [4.69, 9.17) is 0 Å². The second-order valence-electron chi connectivity index (χ2n) is 7.17. The highest BCUT2D eigenvalue weighted by Gasteiger charge is 2.57. The number of hydrogen-bond acceptors (Lipinski definition) is 5. The van der Waals surface area contributed by atoms with Crippen molar-refractivity contribution in [2.24, 2.45) is 16.7 Å². The van der Waals surface area contributed by atoms with Gasteiger partial charge < -0.3 is 10.6 Å². The number of nitrogens with one attached hydrogen (secondary N) is 2. The van der Waals surface area contributed by atoms with Gasteiger partial charge in [-0.05, 0) is 31.6 Å². The van der Waals surface area contributed by atoms with Crippen molar-refractivity contribution in [2.75, 3.05) is 6.54 Å². The first-order valence-corrected chi connectivity index (χ1v) is 9.45. The molecule has 0 bridgehead atoms. The highest BCUT2D eigenvalue weighted by molar-refractivity contribution is 7.11. The number of rotatable bonds is 6. The summed E-state index contributed by atoms with van der Waals surface area (Å²) in [5.41, 5.74) is -0.965. The van der Waals surface area contributed by atoms with Crippen molar-refractivity contribution in [3.05, 3.63) is 10.0 Å². The number of carbonyl (C=O) groups excluding carboxylic acids is 2. The van der Waals surface area contributed by atoms with E-state index in [0.29, 0.717) is 19.5 Å². The average Bonchev–Trinajstić information content (AvgIpc) is 3.09. The molecule has 0 aromatic carbocycles. The van der Waals surface area contributed by atoms with Crippen LogP contribution in [0.2, 0.25) is 0 Å².